The van der Waals surface area contributed by atoms with E-state index in [2.05, 4.69) is 93.9 Å². The zero-order chi connectivity index (χ0) is 19.7. The lowest BCUT2D eigenvalue weighted by atomic mass is 9.86. The monoisotopic (exact) mass is 440 g/mol. The Balaban J connectivity index is 1.77. The third-order valence-corrected chi connectivity index (χ3v) is 6.15. The van der Waals surface area contributed by atoms with Crippen molar-refractivity contribution in [3.05, 3.63) is 58.3 Å². The summed E-state index contributed by atoms with van der Waals surface area (Å²) in [7, 11) is 0. The van der Waals surface area contributed by atoms with Gasteiger partial charge in [-0.15, -0.1) is 0 Å². The Kier molecular flexibility index (Phi) is 5.59. The summed E-state index contributed by atoms with van der Waals surface area (Å²) in [6, 6.07) is 13.1. The number of hydrogen-bond acceptors (Lipinski definition) is 3. The number of nitrogens with one attached hydrogen (secondary N) is 1. The molecule has 3 heterocycles. The molecule has 0 spiro atoms. The maximum absolute atomic E-state index is 5.04. The standard InChI is InChI=1S/C23H29BrN4/c1-23(2,3)18-9-7-17(8-10-18)21-20(16-27-13-5-11-25-12-15-27)28-14-4-6-19(24)22(28)26-21/h4,6-10,14,25H,5,11-13,15-16H2,1-3H3. The van der Waals surface area contributed by atoms with Crippen LogP contribution in [-0.4, -0.2) is 40.5 Å². The van der Waals surface area contributed by atoms with Gasteiger partial charge < -0.3 is 9.72 Å². The molecule has 28 heavy (non-hydrogen) atoms. The van der Waals surface area contributed by atoms with E-state index in [9.17, 15) is 0 Å². The number of nitrogens with zero attached hydrogens (tertiary/aromatic N) is 3. The van der Waals surface area contributed by atoms with Gasteiger partial charge >= 0.3 is 0 Å². The zero-order valence-electron chi connectivity index (χ0n) is 17.0. The molecule has 2 aromatic heterocycles. The van der Waals surface area contributed by atoms with E-state index in [-0.39, 0.29) is 5.41 Å². The van der Waals surface area contributed by atoms with Crippen molar-refractivity contribution in [2.24, 2.45) is 0 Å². The second-order valence-electron chi connectivity index (χ2n) is 8.66. The number of halogens is 1. The summed E-state index contributed by atoms with van der Waals surface area (Å²) in [5.74, 6) is 0. The van der Waals surface area contributed by atoms with Crippen LogP contribution in [0.5, 0.6) is 0 Å². The molecule has 0 radical (unpaired) electrons. The van der Waals surface area contributed by atoms with Crippen molar-refractivity contribution < 1.29 is 0 Å². The predicted octanol–water partition coefficient (Wildman–Crippen LogP) is 4.86. The Bertz CT molecular complexity index is 945. The van der Waals surface area contributed by atoms with Crippen LogP contribution in [0.3, 0.4) is 0 Å². The molecule has 0 aliphatic carbocycles. The first-order valence-corrected chi connectivity index (χ1v) is 10.9. The van der Waals surface area contributed by atoms with Crippen LogP contribution in [0.25, 0.3) is 16.9 Å². The zero-order valence-corrected chi connectivity index (χ0v) is 18.6. The highest BCUT2D eigenvalue weighted by Crippen LogP contribution is 2.31. The van der Waals surface area contributed by atoms with Crippen LogP contribution in [0.4, 0.5) is 0 Å². The average Bonchev–Trinajstić information content (AvgIpc) is 2.84. The normalized spacial score (nSPS) is 16.4. The summed E-state index contributed by atoms with van der Waals surface area (Å²) in [6.07, 6.45) is 3.32. The summed E-state index contributed by atoms with van der Waals surface area (Å²) in [6.45, 7) is 12.0. The summed E-state index contributed by atoms with van der Waals surface area (Å²) in [5.41, 5.74) is 6.03. The number of fused-ring (bicyclic) bond motifs is 1. The molecule has 1 fully saturated rings. The van der Waals surface area contributed by atoms with E-state index >= 15 is 0 Å². The van der Waals surface area contributed by atoms with Gasteiger partial charge in [-0.05, 0) is 58.6 Å². The average molecular weight is 441 g/mol. The Morgan fingerprint density at radius 3 is 2.61 bits per heavy atom. The minimum absolute atomic E-state index is 0.155. The molecule has 148 valence electrons. The van der Waals surface area contributed by atoms with Crippen LogP contribution in [0, 0.1) is 0 Å². The largest absolute Gasteiger partial charge is 0.315 e. The first-order chi connectivity index (χ1) is 13.4. The molecular weight excluding hydrogens is 412 g/mol. The highest BCUT2D eigenvalue weighted by molar-refractivity contribution is 9.10. The van der Waals surface area contributed by atoms with Gasteiger partial charge in [-0.1, -0.05) is 45.0 Å². The molecule has 4 rings (SSSR count). The Morgan fingerprint density at radius 1 is 1.07 bits per heavy atom. The second-order valence-corrected chi connectivity index (χ2v) is 9.52. The Hall–Kier alpha value is -1.69. The third kappa shape index (κ3) is 4.02. The van der Waals surface area contributed by atoms with E-state index in [1.807, 2.05) is 0 Å². The molecule has 1 saturated heterocycles. The van der Waals surface area contributed by atoms with E-state index < -0.39 is 0 Å². The second kappa shape index (κ2) is 7.97. The quantitative estimate of drug-likeness (QED) is 0.631. The molecule has 0 atom stereocenters. The summed E-state index contributed by atoms with van der Waals surface area (Å²) >= 11 is 3.69. The smallest absolute Gasteiger partial charge is 0.152 e. The minimum atomic E-state index is 0.155. The fourth-order valence-electron chi connectivity index (χ4n) is 3.87. The van der Waals surface area contributed by atoms with Gasteiger partial charge in [0.1, 0.15) is 0 Å². The first-order valence-electron chi connectivity index (χ1n) is 10.1. The molecule has 0 unspecified atom stereocenters. The molecule has 0 saturated carbocycles. The molecule has 1 aromatic carbocycles. The maximum Gasteiger partial charge on any atom is 0.152 e. The van der Waals surface area contributed by atoms with E-state index in [0.29, 0.717) is 0 Å². The fourth-order valence-corrected chi connectivity index (χ4v) is 4.30. The van der Waals surface area contributed by atoms with Crippen LogP contribution in [0.1, 0.15) is 38.4 Å². The number of imidazole rings is 1. The molecule has 1 N–H and O–H groups in total. The third-order valence-electron chi connectivity index (χ3n) is 5.53. The lowest BCUT2D eigenvalue weighted by molar-refractivity contribution is 0.281. The van der Waals surface area contributed by atoms with Crippen molar-refractivity contribution in [3.8, 4) is 11.3 Å². The molecular formula is C23H29BrN4. The number of rotatable bonds is 3. The van der Waals surface area contributed by atoms with Crippen molar-refractivity contribution >= 4 is 21.6 Å². The van der Waals surface area contributed by atoms with Crippen molar-refractivity contribution in [3.63, 3.8) is 0 Å². The van der Waals surface area contributed by atoms with E-state index in [1.54, 1.807) is 0 Å². The highest BCUT2D eigenvalue weighted by Gasteiger charge is 2.20. The van der Waals surface area contributed by atoms with E-state index in [4.69, 9.17) is 4.98 Å². The van der Waals surface area contributed by atoms with Gasteiger partial charge in [-0.2, -0.15) is 0 Å². The van der Waals surface area contributed by atoms with Crippen molar-refractivity contribution in [2.45, 2.75) is 39.2 Å². The van der Waals surface area contributed by atoms with Gasteiger partial charge in [0.2, 0.25) is 0 Å². The molecule has 3 aromatic rings. The molecule has 1 aliphatic heterocycles. The predicted molar refractivity (Wildman–Crippen MR) is 120 cm³/mol. The molecule has 0 amide bonds. The van der Waals surface area contributed by atoms with E-state index in [0.717, 1.165) is 48.5 Å². The lowest BCUT2D eigenvalue weighted by Gasteiger charge is -2.21. The van der Waals surface area contributed by atoms with Gasteiger partial charge in [0.15, 0.2) is 5.65 Å². The van der Waals surface area contributed by atoms with Gasteiger partial charge in [-0.25, -0.2) is 4.98 Å². The lowest BCUT2D eigenvalue weighted by Crippen LogP contribution is -2.28. The summed E-state index contributed by atoms with van der Waals surface area (Å²) in [5, 5.41) is 3.50. The first kappa shape index (κ1) is 19.6. The number of hydrogen-bond donors (Lipinski definition) is 1. The molecule has 5 heteroatoms. The Morgan fingerprint density at radius 2 is 1.86 bits per heavy atom. The SMILES string of the molecule is CC(C)(C)c1ccc(-c2nc3c(Br)cccn3c2CN2CCCNCC2)cc1. The van der Waals surface area contributed by atoms with Crippen molar-refractivity contribution in [1.29, 1.82) is 0 Å². The van der Waals surface area contributed by atoms with Gasteiger partial charge in [0, 0.05) is 31.4 Å². The number of benzene rings is 1. The van der Waals surface area contributed by atoms with Gasteiger partial charge in [-0.3, -0.25) is 4.90 Å². The van der Waals surface area contributed by atoms with Crippen LogP contribution in [0.2, 0.25) is 0 Å². The molecule has 0 bridgehead atoms. The summed E-state index contributed by atoms with van der Waals surface area (Å²) in [4.78, 5) is 7.58. The van der Waals surface area contributed by atoms with Gasteiger partial charge in [0.25, 0.3) is 0 Å². The number of aromatic nitrogens is 2. The van der Waals surface area contributed by atoms with Crippen LogP contribution in [0.15, 0.2) is 47.1 Å². The van der Waals surface area contributed by atoms with Crippen molar-refractivity contribution in [1.82, 2.24) is 19.6 Å². The maximum atomic E-state index is 5.04. The van der Waals surface area contributed by atoms with Crippen LogP contribution < -0.4 is 5.32 Å². The fraction of sp³-hybridized carbons (Fsp3) is 0.435. The van der Waals surface area contributed by atoms with Crippen LogP contribution >= 0.6 is 15.9 Å². The topological polar surface area (TPSA) is 32.6 Å². The summed E-state index contributed by atoms with van der Waals surface area (Å²) < 4.78 is 3.28. The molecule has 4 nitrogen and oxygen atoms in total. The van der Waals surface area contributed by atoms with E-state index in [1.165, 1.54) is 23.2 Å². The van der Waals surface area contributed by atoms with Crippen LogP contribution in [-0.2, 0) is 12.0 Å². The number of pyridine rings is 1. The Labute approximate surface area is 176 Å². The minimum Gasteiger partial charge on any atom is -0.315 e. The van der Waals surface area contributed by atoms with Crippen molar-refractivity contribution in [2.75, 3.05) is 26.2 Å². The van der Waals surface area contributed by atoms with Gasteiger partial charge in [0.05, 0.1) is 15.9 Å². The molecule has 1 aliphatic rings. The highest BCUT2D eigenvalue weighted by atomic mass is 79.9.